The van der Waals surface area contributed by atoms with E-state index in [0.29, 0.717) is 12.6 Å². The molecule has 35 heavy (non-hydrogen) atoms. The summed E-state index contributed by atoms with van der Waals surface area (Å²) in [5, 5.41) is 4.31. The van der Waals surface area contributed by atoms with Gasteiger partial charge in [0.05, 0.1) is 12.3 Å². The Balaban J connectivity index is 0.000000320. The second kappa shape index (κ2) is 16.9. The molecule has 2 N–H and O–H groups in total. The molecule has 1 unspecified atom stereocenters. The Morgan fingerprint density at radius 1 is 0.943 bits per heavy atom. The number of hydrogen-bond acceptors (Lipinski definition) is 5. The van der Waals surface area contributed by atoms with Crippen LogP contribution in [0.2, 0.25) is 0 Å². The van der Waals surface area contributed by atoms with Crippen molar-refractivity contribution in [2.75, 3.05) is 11.9 Å². The lowest BCUT2D eigenvalue weighted by Gasteiger charge is -2.10. The number of carbonyl (C=O) groups is 1. The molecule has 6 nitrogen and oxygen atoms in total. The maximum atomic E-state index is 10.6. The van der Waals surface area contributed by atoms with Crippen molar-refractivity contribution in [3.05, 3.63) is 89.7 Å². The van der Waals surface area contributed by atoms with E-state index >= 15 is 0 Å². The Bertz CT molecular complexity index is 1100. The lowest BCUT2D eigenvalue weighted by atomic mass is 10.0. The molecule has 0 radical (unpaired) electrons. The van der Waals surface area contributed by atoms with Crippen LogP contribution in [0.25, 0.3) is 11.0 Å². The molecule has 188 valence electrons. The van der Waals surface area contributed by atoms with Gasteiger partial charge in [0, 0.05) is 31.0 Å². The Labute approximate surface area is 210 Å². The summed E-state index contributed by atoms with van der Waals surface area (Å²) in [6.07, 6.45) is 1.88. The summed E-state index contributed by atoms with van der Waals surface area (Å²) in [7, 11) is 0. The normalized spacial score (nSPS) is 10.4. The predicted molar refractivity (Wildman–Crippen MR) is 147 cm³/mol. The zero-order chi connectivity index (χ0) is 26.1. The van der Waals surface area contributed by atoms with Gasteiger partial charge in [0.15, 0.2) is 0 Å². The van der Waals surface area contributed by atoms with Crippen molar-refractivity contribution in [2.45, 2.75) is 60.9 Å². The van der Waals surface area contributed by atoms with Crippen molar-refractivity contribution >= 4 is 23.0 Å². The largest absolute Gasteiger partial charge is 0.465 e. The van der Waals surface area contributed by atoms with Crippen molar-refractivity contribution in [3.8, 4) is 0 Å². The third-order valence-electron chi connectivity index (χ3n) is 4.80. The first-order valence-corrected chi connectivity index (χ1v) is 12.3. The molecule has 0 bridgehead atoms. The first-order valence-electron chi connectivity index (χ1n) is 12.3. The van der Waals surface area contributed by atoms with Crippen LogP contribution in [0.15, 0.2) is 72.9 Å². The molecular formula is C29H40N4O2. The Hall–Kier alpha value is -3.67. The summed E-state index contributed by atoms with van der Waals surface area (Å²) in [6, 6.07) is 22.2. The van der Waals surface area contributed by atoms with E-state index in [-0.39, 0.29) is 11.9 Å². The van der Waals surface area contributed by atoms with Crippen LogP contribution in [-0.2, 0) is 16.1 Å². The molecule has 0 saturated carbocycles. The Kier molecular flexibility index (Phi) is 14.2. The van der Waals surface area contributed by atoms with Gasteiger partial charge in [-0.1, -0.05) is 95.3 Å². The minimum absolute atomic E-state index is 0.220. The minimum atomic E-state index is -0.220. The summed E-state index contributed by atoms with van der Waals surface area (Å²) in [4.78, 5) is 22.5. The van der Waals surface area contributed by atoms with E-state index in [1.54, 1.807) is 0 Å². The summed E-state index contributed by atoms with van der Waals surface area (Å²) in [5.41, 5.74) is 4.27. The average molecular weight is 477 g/mol. The van der Waals surface area contributed by atoms with Gasteiger partial charge in [-0.3, -0.25) is 4.79 Å². The summed E-state index contributed by atoms with van der Waals surface area (Å²) < 4.78 is 4.92. The number of hydrogen-bond donors (Lipinski definition) is 2. The highest BCUT2D eigenvalue weighted by atomic mass is 16.5. The first kappa shape index (κ1) is 29.4. The topological polar surface area (TPSA) is 79.9 Å². The van der Waals surface area contributed by atoms with E-state index in [0.717, 1.165) is 23.3 Å². The molecule has 4 rings (SSSR count). The molecule has 0 aliphatic carbocycles. The lowest BCUT2D eigenvalue weighted by Crippen LogP contribution is -2.07. The lowest BCUT2D eigenvalue weighted by molar-refractivity contribution is -0.141. The zero-order valence-electron chi connectivity index (χ0n) is 22.1. The standard InChI is InChI=1S/C14H14N4.C11H14O2.2C2H6/c1-10-12-7-8-15-13(12)18-14(17-10)16-9-11-5-3-2-4-6-11;1-9(8-13-10(2)12)11-6-4-3-5-7-11;2*1-2/h2-8H,9H2,1H3,(H2,15,16,17,18);3-7,9H,8H2,1-2H3;2*1-2H3. The first-order chi connectivity index (χ1) is 17.0. The van der Waals surface area contributed by atoms with Crippen LogP contribution in [0.4, 0.5) is 5.95 Å². The maximum absolute atomic E-state index is 10.6. The van der Waals surface area contributed by atoms with E-state index in [1.165, 1.54) is 18.1 Å². The van der Waals surface area contributed by atoms with Crippen LogP contribution >= 0.6 is 0 Å². The predicted octanol–water partition coefficient (Wildman–Crippen LogP) is 7.28. The highest BCUT2D eigenvalue weighted by molar-refractivity contribution is 5.78. The number of benzene rings is 2. The van der Waals surface area contributed by atoms with Crippen LogP contribution < -0.4 is 5.32 Å². The molecule has 0 aliphatic rings. The number of ether oxygens (including phenoxy) is 1. The second-order valence-corrected chi connectivity index (χ2v) is 7.33. The van der Waals surface area contributed by atoms with Gasteiger partial charge in [-0.25, -0.2) is 4.98 Å². The fraction of sp³-hybridized carbons (Fsp3) is 0.345. The van der Waals surface area contributed by atoms with Gasteiger partial charge < -0.3 is 15.0 Å². The van der Waals surface area contributed by atoms with Crippen molar-refractivity contribution in [2.24, 2.45) is 0 Å². The van der Waals surface area contributed by atoms with Gasteiger partial charge in [0.2, 0.25) is 5.95 Å². The SMILES string of the molecule is CC.CC.CC(=O)OCC(C)c1ccccc1.Cc1nc(NCc2ccccc2)nc2[nH]ccc12. The van der Waals surface area contributed by atoms with Crippen molar-refractivity contribution < 1.29 is 9.53 Å². The second-order valence-electron chi connectivity index (χ2n) is 7.33. The Morgan fingerprint density at radius 2 is 1.54 bits per heavy atom. The molecule has 1 atom stereocenters. The fourth-order valence-corrected chi connectivity index (χ4v) is 3.07. The molecule has 0 spiro atoms. The van der Waals surface area contributed by atoms with Crippen LogP contribution in [0, 0.1) is 6.92 Å². The number of rotatable bonds is 6. The van der Waals surface area contributed by atoms with Gasteiger partial charge in [-0.15, -0.1) is 0 Å². The number of nitrogens with one attached hydrogen (secondary N) is 2. The quantitative estimate of drug-likeness (QED) is 0.286. The third-order valence-corrected chi connectivity index (χ3v) is 4.80. The van der Waals surface area contributed by atoms with E-state index in [4.69, 9.17) is 4.74 Å². The molecule has 0 fully saturated rings. The number of aromatic nitrogens is 3. The number of fused-ring (bicyclic) bond motifs is 1. The number of esters is 1. The average Bonchev–Trinajstić information content (AvgIpc) is 3.39. The summed E-state index contributed by atoms with van der Waals surface area (Å²) in [6.45, 7) is 14.6. The fourth-order valence-electron chi connectivity index (χ4n) is 3.07. The Morgan fingerprint density at radius 3 is 2.14 bits per heavy atom. The van der Waals surface area contributed by atoms with Crippen molar-refractivity contribution in [1.82, 2.24) is 15.0 Å². The molecule has 0 aliphatic heterocycles. The third kappa shape index (κ3) is 10.4. The number of anilines is 1. The van der Waals surface area contributed by atoms with Crippen LogP contribution in [0.1, 0.15) is 64.3 Å². The van der Waals surface area contributed by atoms with Crippen LogP contribution in [0.3, 0.4) is 0 Å². The molecular weight excluding hydrogens is 436 g/mol. The number of aryl methyl sites for hydroxylation is 1. The molecule has 6 heteroatoms. The zero-order valence-corrected chi connectivity index (χ0v) is 22.1. The maximum Gasteiger partial charge on any atom is 0.302 e. The molecule has 4 aromatic rings. The molecule has 2 heterocycles. The van der Waals surface area contributed by atoms with E-state index in [9.17, 15) is 4.79 Å². The van der Waals surface area contributed by atoms with Gasteiger partial charge in [-0.05, 0) is 24.1 Å². The minimum Gasteiger partial charge on any atom is -0.465 e. The van der Waals surface area contributed by atoms with Crippen LogP contribution in [0.5, 0.6) is 0 Å². The van der Waals surface area contributed by atoms with Gasteiger partial charge in [0.1, 0.15) is 5.65 Å². The van der Waals surface area contributed by atoms with Gasteiger partial charge in [-0.2, -0.15) is 4.98 Å². The van der Waals surface area contributed by atoms with Gasteiger partial charge >= 0.3 is 5.97 Å². The molecule has 0 amide bonds. The number of nitrogens with zero attached hydrogens (tertiary/aromatic N) is 2. The number of carbonyl (C=O) groups excluding carboxylic acids is 1. The smallest absolute Gasteiger partial charge is 0.302 e. The van der Waals surface area contributed by atoms with Gasteiger partial charge in [0.25, 0.3) is 0 Å². The van der Waals surface area contributed by atoms with Crippen molar-refractivity contribution in [1.29, 1.82) is 0 Å². The monoisotopic (exact) mass is 476 g/mol. The molecule has 2 aromatic heterocycles. The summed E-state index contributed by atoms with van der Waals surface area (Å²) in [5.74, 6) is 0.708. The highest BCUT2D eigenvalue weighted by Crippen LogP contribution is 2.16. The molecule has 2 aromatic carbocycles. The summed E-state index contributed by atoms with van der Waals surface area (Å²) >= 11 is 0. The van der Waals surface area contributed by atoms with E-state index < -0.39 is 0 Å². The van der Waals surface area contributed by atoms with E-state index in [2.05, 4.69) is 32.4 Å². The van der Waals surface area contributed by atoms with E-state index in [1.807, 2.05) is 102 Å². The van der Waals surface area contributed by atoms with Crippen LogP contribution in [-0.4, -0.2) is 27.5 Å². The van der Waals surface area contributed by atoms with Crippen molar-refractivity contribution in [3.63, 3.8) is 0 Å². The molecule has 0 saturated heterocycles. The number of aromatic amines is 1. The number of H-pyrrole nitrogens is 1. The highest BCUT2D eigenvalue weighted by Gasteiger charge is 2.06.